The summed E-state index contributed by atoms with van der Waals surface area (Å²) in [5, 5.41) is 11.9. The van der Waals surface area contributed by atoms with Gasteiger partial charge in [-0.2, -0.15) is 0 Å². The second-order valence-corrected chi connectivity index (χ2v) is 8.02. The zero-order chi connectivity index (χ0) is 20.1. The van der Waals surface area contributed by atoms with Crippen molar-refractivity contribution in [3.05, 3.63) is 60.2 Å². The lowest BCUT2D eigenvalue weighted by Gasteiger charge is -2.25. The van der Waals surface area contributed by atoms with Gasteiger partial charge in [-0.15, -0.1) is 0 Å². The first-order valence-corrected chi connectivity index (χ1v) is 9.90. The first-order valence-electron chi connectivity index (χ1n) is 8.42. The lowest BCUT2D eigenvalue weighted by Crippen LogP contribution is -2.52. The van der Waals surface area contributed by atoms with Crippen molar-refractivity contribution in [3.63, 3.8) is 0 Å². The van der Waals surface area contributed by atoms with Gasteiger partial charge in [0.2, 0.25) is 0 Å². The summed E-state index contributed by atoms with van der Waals surface area (Å²) in [6.45, 7) is 3.27. The smallest absolute Gasteiger partial charge is 0.329 e. The lowest BCUT2D eigenvalue weighted by molar-refractivity contribution is -0.144. The molecule has 2 aromatic carbocycles. The highest BCUT2D eigenvalue weighted by atomic mass is 32.2. The molecule has 0 aliphatic heterocycles. The van der Waals surface area contributed by atoms with E-state index in [0.29, 0.717) is 6.42 Å². The molecule has 7 nitrogen and oxygen atoms in total. The molecule has 0 radical (unpaired) electrons. The topological polar surface area (TPSA) is 113 Å². The number of amides is 1. The summed E-state index contributed by atoms with van der Waals surface area (Å²) in [4.78, 5) is 24.1. The van der Waals surface area contributed by atoms with Crippen molar-refractivity contribution in [1.29, 1.82) is 0 Å². The molecule has 0 aliphatic carbocycles. The van der Waals surface area contributed by atoms with E-state index >= 15 is 0 Å². The van der Waals surface area contributed by atoms with Crippen LogP contribution >= 0.6 is 0 Å². The van der Waals surface area contributed by atoms with E-state index in [-0.39, 0.29) is 22.6 Å². The molecule has 0 fully saturated rings. The van der Waals surface area contributed by atoms with Crippen LogP contribution in [0.2, 0.25) is 0 Å². The largest absolute Gasteiger partial charge is 0.480 e. The minimum absolute atomic E-state index is 0.0984. The molecule has 0 aliphatic rings. The van der Waals surface area contributed by atoms with Gasteiger partial charge in [0.15, 0.2) is 0 Å². The zero-order valence-electron chi connectivity index (χ0n) is 15.1. The predicted molar refractivity (Wildman–Crippen MR) is 102 cm³/mol. The second kappa shape index (κ2) is 8.22. The zero-order valence-corrected chi connectivity index (χ0v) is 15.9. The fourth-order valence-corrected chi connectivity index (χ4v) is 3.65. The van der Waals surface area contributed by atoms with Crippen molar-refractivity contribution in [1.82, 2.24) is 5.32 Å². The van der Waals surface area contributed by atoms with E-state index < -0.39 is 27.4 Å². The summed E-state index contributed by atoms with van der Waals surface area (Å²) in [5.41, 5.74) is -1.03. The van der Waals surface area contributed by atoms with Crippen LogP contribution in [0.3, 0.4) is 0 Å². The van der Waals surface area contributed by atoms with Gasteiger partial charge in [-0.25, -0.2) is 13.2 Å². The van der Waals surface area contributed by atoms with E-state index in [0.717, 1.165) is 0 Å². The van der Waals surface area contributed by atoms with Gasteiger partial charge >= 0.3 is 5.97 Å². The van der Waals surface area contributed by atoms with Gasteiger partial charge < -0.3 is 10.4 Å². The van der Waals surface area contributed by atoms with E-state index in [1.165, 1.54) is 43.3 Å². The number of carboxylic acids is 1. The third-order valence-corrected chi connectivity index (χ3v) is 5.44. The molecule has 1 amide bonds. The molecule has 27 heavy (non-hydrogen) atoms. The van der Waals surface area contributed by atoms with Crippen LogP contribution in [0.25, 0.3) is 0 Å². The molecule has 0 aromatic heterocycles. The molecule has 0 spiro atoms. The highest BCUT2D eigenvalue weighted by molar-refractivity contribution is 7.92. The summed E-state index contributed by atoms with van der Waals surface area (Å²) in [6.07, 6.45) is 0.856. The minimum Gasteiger partial charge on any atom is -0.480 e. The Morgan fingerprint density at radius 3 is 2.33 bits per heavy atom. The molecule has 2 rings (SSSR count). The molecule has 0 heterocycles. The Morgan fingerprint density at radius 1 is 1.07 bits per heavy atom. The van der Waals surface area contributed by atoms with E-state index in [9.17, 15) is 23.1 Å². The number of hydrogen-bond acceptors (Lipinski definition) is 4. The van der Waals surface area contributed by atoms with Crippen LogP contribution in [0.5, 0.6) is 0 Å². The van der Waals surface area contributed by atoms with Crippen molar-refractivity contribution in [3.8, 4) is 0 Å². The Morgan fingerprint density at radius 2 is 1.74 bits per heavy atom. The van der Waals surface area contributed by atoms with Crippen molar-refractivity contribution >= 4 is 27.6 Å². The van der Waals surface area contributed by atoms with Crippen LogP contribution in [0.1, 0.15) is 37.0 Å². The Kier molecular flexibility index (Phi) is 6.22. The first-order chi connectivity index (χ1) is 12.7. The van der Waals surface area contributed by atoms with Gasteiger partial charge in [-0.3, -0.25) is 9.52 Å². The standard InChI is InChI=1S/C19H22N2O5S/c1-3-12-19(2,18(23)24)20-17(22)14-8-7-9-15(13-14)21-27(25,26)16-10-5-4-6-11-16/h4-11,13,21H,3,12H2,1-2H3,(H,20,22)(H,23,24). The first kappa shape index (κ1) is 20.4. The van der Waals surface area contributed by atoms with Gasteiger partial charge in [0.05, 0.1) is 4.90 Å². The average molecular weight is 390 g/mol. The number of hydrogen-bond donors (Lipinski definition) is 3. The summed E-state index contributed by atoms with van der Waals surface area (Å²) in [5.74, 6) is -1.72. The molecule has 0 bridgehead atoms. The highest BCUT2D eigenvalue weighted by Gasteiger charge is 2.34. The quantitative estimate of drug-likeness (QED) is 0.641. The SMILES string of the molecule is CCCC(C)(NC(=O)c1cccc(NS(=O)(=O)c2ccccc2)c1)C(=O)O. The fraction of sp³-hybridized carbons (Fsp3) is 0.263. The summed E-state index contributed by atoms with van der Waals surface area (Å²) in [7, 11) is -3.79. The Hall–Kier alpha value is -2.87. The van der Waals surface area contributed by atoms with Gasteiger partial charge in [-0.1, -0.05) is 37.6 Å². The third-order valence-electron chi connectivity index (χ3n) is 4.04. The van der Waals surface area contributed by atoms with E-state index in [1.807, 2.05) is 6.92 Å². The van der Waals surface area contributed by atoms with Crippen LogP contribution < -0.4 is 10.0 Å². The molecule has 3 N–H and O–H groups in total. The second-order valence-electron chi connectivity index (χ2n) is 6.34. The van der Waals surface area contributed by atoms with Gasteiger partial charge in [0, 0.05) is 11.3 Å². The third kappa shape index (κ3) is 5.07. The molecule has 0 saturated carbocycles. The lowest BCUT2D eigenvalue weighted by atomic mass is 9.95. The van der Waals surface area contributed by atoms with Crippen molar-refractivity contribution < 1.29 is 23.1 Å². The van der Waals surface area contributed by atoms with Crippen LogP contribution in [0.4, 0.5) is 5.69 Å². The number of carboxylic acid groups (broad SMARTS) is 1. The molecule has 8 heteroatoms. The van der Waals surface area contributed by atoms with E-state index in [4.69, 9.17) is 0 Å². The molecular weight excluding hydrogens is 368 g/mol. The monoisotopic (exact) mass is 390 g/mol. The Balaban J connectivity index is 2.22. The number of anilines is 1. The maximum absolute atomic E-state index is 12.5. The molecule has 1 atom stereocenters. The number of rotatable bonds is 8. The van der Waals surface area contributed by atoms with Crippen molar-refractivity contribution in [2.75, 3.05) is 4.72 Å². The highest BCUT2D eigenvalue weighted by Crippen LogP contribution is 2.19. The van der Waals surface area contributed by atoms with Crippen molar-refractivity contribution in [2.24, 2.45) is 0 Å². The molecule has 2 aromatic rings. The van der Waals surface area contributed by atoms with Crippen LogP contribution in [-0.4, -0.2) is 30.9 Å². The molecule has 144 valence electrons. The van der Waals surface area contributed by atoms with Gasteiger partial charge in [0.25, 0.3) is 15.9 Å². The fourth-order valence-electron chi connectivity index (χ4n) is 2.58. The number of aliphatic carboxylic acids is 1. The Bertz CT molecular complexity index is 928. The summed E-state index contributed by atoms with van der Waals surface area (Å²) >= 11 is 0. The number of nitrogens with one attached hydrogen (secondary N) is 2. The summed E-state index contributed by atoms with van der Waals surface area (Å²) < 4.78 is 27.2. The van der Waals surface area contributed by atoms with Crippen molar-refractivity contribution in [2.45, 2.75) is 37.1 Å². The summed E-state index contributed by atoms with van der Waals surface area (Å²) in [6, 6.07) is 13.7. The maximum atomic E-state index is 12.5. The van der Waals surface area contributed by atoms with Crippen LogP contribution in [0, 0.1) is 0 Å². The van der Waals surface area contributed by atoms with E-state index in [1.54, 1.807) is 18.2 Å². The minimum atomic E-state index is -3.79. The average Bonchev–Trinajstić information content (AvgIpc) is 2.62. The normalized spacial score (nSPS) is 13.4. The van der Waals surface area contributed by atoms with E-state index in [2.05, 4.69) is 10.0 Å². The predicted octanol–water partition coefficient (Wildman–Crippen LogP) is 2.86. The molecular formula is C19H22N2O5S. The van der Waals surface area contributed by atoms with Crippen LogP contribution in [0.15, 0.2) is 59.5 Å². The molecule has 1 unspecified atom stereocenters. The van der Waals surface area contributed by atoms with Crippen LogP contribution in [-0.2, 0) is 14.8 Å². The van der Waals surface area contributed by atoms with Gasteiger partial charge in [0.1, 0.15) is 5.54 Å². The number of benzene rings is 2. The number of carbonyl (C=O) groups is 2. The molecule has 0 saturated heterocycles. The number of sulfonamides is 1. The number of carbonyl (C=O) groups excluding carboxylic acids is 1. The Labute approximate surface area is 158 Å². The maximum Gasteiger partial charge on any atom is 0.329 e. The van der Waals surface area contributed by atoms with Gasteiger partial charge in [-0.05, 0) is 43.7 Å².